The van der Waals surface area contributed by atoms with E-state index >= 15 is 0 Å². The van der Waals surface area contributed by atoms with Crippen molar-refractivity contribution in [3.05, 3.63) is 178 Å². The Morgan fingerprint density at radius 2 is 0.516 bits per heavy atom. The molecule has 0 bridgehead atoms. The summed E-state index contributed by atoms with van der Waals surface area (Å²) in [6.07, 6.45) is 0. The summed E-state index contributed by atoms with van der Waals surface area (Å²) in [5.41, 5.74) is 13.4. The van der Waals surface area contributed by atoms with E-state index in [-0.39, 0.29) is 0 Å². The van der Waals surface area contributed by atoms with Crippen LogP contribution in [0.2, 0.25) is 39.3 Å². The molecule has 0 radical (unpaired) electrons. The zero-order valence-corrected chi connectivity index (χ0v) is 43.4. The average molecular weight is 879 g/mol. The van der Waals surface area contributed by atoms with Crippen LogP contribution >= 0.6 is 15.8 Å². The Bertz CT molecular complexity index is 2640. The molecule has 8 rings (SSSR count). The molecule has 0 aliphatic heterocycles. The van der Waals surface area contributed by atoms with Gasteiger partial charge in [0.2, 0.25) is 0 Å². The fourth-order valence-corrected chi connectivity index (χ4v) is 19.3. The minimum absolute atomic E-state index is 1.00. The van der Waals surface area contributed by atoms with E-state index in [0.717, 1.165) is 0 Å². The summed E-state index contributed by atoms with van der Waals surface area (Å²) in [6.45, 7) is 33.5. The van der Waals surface area contributed by atoms with Gasteiger partial charge < -0.3 is 0 Å². The number of aryl methyl sites for hydroxylation is 8. The van der Waals surface area contributed by atoms with Gasteiger partial charge in [0.05, 0.1) is 16.1 Å². The van der Waals surface area contributed by atoms with Crippen molar-refractivity contribution < 1.29 is 0 Å². The number of rotatable bonds is 9. The van der Waals surface area contributed by atoms with Gasteiger partial charge in [0.15, 0.2) is 0 Å². The summed E-state index contributed by atoms with van der Waals surface area (Å²) < 4.78 is 0. The predicted molar refractivity (Wildman–Crippen MR) is 288 cm³/mol. The third-order valence-corrected chi connectivity index (χ3v) is 21.1. The monoisotopic (exact) mass is 878 g/mol. The Balaban J connectivity index is 1.67. The summed E-state index contributed by atoms with van der Waals surface area (Å²) in [7, 11) is -5.76. The Kier molecular flexibility index (Phi) is 12.1. The molecule has 0 nitrogen and oxygen atoms in total. The summed E-state index contributed by atoms with van der Waals surface area (Å²) in [5.74, 6) is 0. The van der Waals surface area contributed by atoms with Gasteiger partial charge >= 0.3 is 0 Å². The highest BCUT2D eigenvalue weighted by Crippen LogP contribution is 2.46. The normalized spacial score (nSPS) is 12.3. The van der Waals surface area contributed by atoms with Gasteiger partial charge in [-0.1, -0.05) is 228 Å². The van der Waals surface area contributed by atoms with Crippen LogP contribution in [0.5, 0.6) is 0 Å². The average Bonchev–Trinajstić information content (AvgIpc) is 3.15. The second kappa shape index (κ2) is 16.9. The van der Waals surface area contributed by atoms with Crippen molar-refractivity contribution in [2.75, 3.05) is 0 Å². The largest absolute Gasteiger partial charge is 0.0784 e. The molecule has 0 spiro atoms. The number of benzene rings is 8. The van der Waals surface area contributed by atoms with E-state index in [1.165, 1.54) is 109 Å². The first-order valence-electron chi connectivity index (χ1n) is 22.3. The van der Waals surface area contributed by atoms with Crippen molar-refractivity contribution in [1.29, 1.82) is 0 Å². The molecule has 0 atom stereocenters. The van der Waals surface area contributed by atoms with Gasteiger partial charge in [-0.2, -0.15) is 0 Å². The molecule has 8 aromatic rings. The number of hydrogen-bond acceptors (Lipinski definition) is 0. The lowest BCUT2D eigenvalue weighted by molar-refractivity contribution is 1.40. The third kappa shape index (κ3) is 8.75. The van der Waals surface area contributed by atoms with Crippen molar-refractivity contribution in [2.45, 2.75) is 94.7 Å². The molecule has 0 unspecified atom stereocenters. The van der Waals surface area contributed by atoms with E-state index in [2.05, 4.69) is 228 Å². The zero-order valence-electron chi connectivity index (χ0n) is 39.6. The van der Waals surface area contributed by atoms with Gasteiger partial charge in [-0.05, 0) is 136 Å². The Labute approximate surface area is 377 Å². The highest BCUT2D eigenvalue weighted by atomic mass is 31.1. The molecule has 314 valence electrons. The Morgan fingerprint density at radius 3 is 0.742 bits per heavy atom. The van der Waals surface area contributed by atoms with Crippen LogP contribution in [0.4, 0.5) is 0 Å². The van der Waals surface area contributed by atoms with Crippen LogP contribution in [0.25, 0.3) is 32.7 Å². The van der Waals surface area contributed by atoms with E-state index in [9.17, 15) is 0 Å². The van der Waals surface area contributed by atoms with Crippen LogP contribution in [0.15, 0.2) is 133 Å². The highest BCUT2D eigenvalue weighted by Gasteiger charge is 2.34. The van der Waals surface area contributed by atoms with Crippen LogP contribution in [-0.4, -0.2) is 16.1 Å². The first-order valence-corrected chi connectivity index (χ1v) is 32.0. The molecule has 0 saturated heterocycles. The van der Waals surface area contributed by atoms with Gasteiger partial charge in [0.1, 0.15) is 0 Å². The second-order valence-corrected chi connectivity index (χ2v) is 34.7. The quantitative estimate of drug-likeness (QED) is 0.100. The lowest BCUT2D eigenvalue weighted by Gasteiger charge is -2.33. The maximum atomic E-state index is 2.73. The van der Waals surface area contributed by atoms with Crippen molar-refractivity contribution in [1.82, 2.24) is 0 Å². The third-order valence-electron chi connectivity index (χ3n) is 12.3. The molecule has 0 aliphatic rings. The van der Waals surface area contributed by atoms with E-state index in [0.29, 0.717) is 0 Å². The van der Waals surface area contributed by atoms with Gasteiger partial charge in [-0.15, -0.1) is 0 Å². The zero-order chi connectivity index (χ0) is 44.4. The standard InChI is InChI=1S/C58H64P2Si2/c1-37-23-38(2)28-45(27-37)59(46-29-39(3)24-40(4)30-46)53-35-55(61(9,10)11)49-19-15-17-21-51(49)57(53)58-52-22-18-16-20-50(52)56(62(12,13)14)36-54(58)60(47-31-41(5)25-42(6)32-47)48-33-43(7)26-44(8)34-48/h15-36H,1-14H3. The first kappa shape index (κ1) is 44.2. The summed E-state index contributed by atoms with van der Waals surface area (Å²) in [5, 5.41) is 17.3. The van der Waals surface area contributed by atoms with Crippen molar-refractivity contribution in [3.63, 3.8) is 0 Å². The predicted octanol–water partition coefficient (Wildman–Crippen LogP) is 12.7. The second-order valence-electron chi connectivity index (χ2n) is 20.3. The number of hydrogen-bond donors (Lipinski definition) is 0. The van der Waals surface area contributed by atoms with E-state index in [1.54, 1.807) is 10.4 Å². The molecule has 0 amide bonds. The minimum Gasteiger partial charge on any atom is -0.0656 e. The smallest absolute Gasteiger partial charge is 0.0656 e. The maximum absolute atomic E-state index is 2.73. The highest BCUT2D eigenvalue weighted by molar-refractivity contribution is 7.81. The van der Waals surface area contributed by atoms with E-state index < -0.39 is 32.0 Å². The van der Waals surface area contributed by atoms with Gasteiger partial charge in [-0.3, -0.25) is 0 Å². The molecule has 0 N–H and O–H groups in total. The molecule has 4 heteroatoms. The molecule has 0 aromatic heterocycles. The van der Waals surface area contributed by atoms with Crippen LogP contribution < -0.4 is 42.2 Å². The fraction of sp³-hybridized carbons (Fsp3) is 0.241. The van der Waals surface area contributed by atoms with Crippen molar-refractivity contribution >= 4 is 95.7 Å². The lowest BCUT2D eigenvalue weighted by Crippen LogP contribution is -2.42. The van der Waals surface area contributed by atoms with Crippen LogP contribution in [-0.2, 0) is 0 Å². The molecular formula is C58H64P2Si2. The summed E-state index contributed by atoms with van der Waals surface area (Å²) in [4.78, 5) is 0. The van der Waals surface area contributed by atoms with E-state index in [4.69, 9.17) is 0 Å². The molecule has 62 heavy (non-hydrogen) atoms. The number of fused-ring (bicyclic) bond motifs is 2. The molecule has 0 fully saturated rings. The summed E-state index contributed by atoms with van der Waals surface area (Å²) in [6, 6.07) is 53.7. The Hall–Kier alpha value is -4.43. The van der Waals surface area contributed by atoms with Crippen molar-refractivity contribution in [3.8, 4) is 11.1 Å². The molecule has 8 aromatic carbocycles. The molecular weight excluding hydrogens is 815 g/mol. The first-order chi connectivity index (χ1) is 29.3. The lowest BCUT2D eigenvalue weighted by atomic mass is 9.93. The SMILES string of the molecule is Cc1cc(C)cc(P(c2cc(C)cc(C)c2)c2cc([Si](C)(C)C)c3ccccc3c2-c2c(P(c3cc(C)cc(C)c3)c3cc(C)cc(C)c3)cc([Si](C)(C)C)c3ccccc23)c1. The molecule has 0 heterocycles. The van der Waals surface area contributed by atoms with Gasteiger partial charge in [-0.25, -0.2) is 0 Å². The van der Waals surface area contributed by atoms with Crippen LogP contribution in [0.3, 0.4) is 0 Å². The Morgan fingerprint density at radius 1 is 0.290 bits per heavy atom. The molecule has 0 aliphatic carbocycles. The maximum Gasteiger partial charge on any atom is 0.0784 e. The van der Waals surface area contributed by atoms with E-state index in [1.807, 2.05) is 0 Å². The minimum atomic E-state index is -1.88. The fourth-order valence-electron chi connectivity index (χ4n) is 10.0. The van der Waals surface area contributed by atoms with Crippen LogP contribution in [0, 0.1) is 55.4 Å². The topological polar surface area (TPSA) is 0 Å². The summed E-state index contributed by atoms with van der Waals surface area (Å²) >= 11 is 0. The molecule has 0 saturated carbocycles. The van der Waals surface area contributed by atoms with Crippen LogP contribution in [0.1, 0.15) is 44.5 Å². The van der Waals surface area contributed by atoms with Gasteiger partial charge in [0, 0.05) is 0 Å². The van der Waals surface area contributed by atoms with Crippen molar-refractivity contribution in [2.24, 2.45) is 0 Å². The van der Waals surface area contributed by atoms with Gasteiger partial charge in [0.25, 0.3) is 0 Å².